The van der Waals surface area contributed by atoms with Gasteiger partial charge >= 0.3 is 0 Å². The summed E-state index contributed by atoms with van der Waals surface area (Å²) in [5.74, 6) is -0.660. The molecule has 0 heterocycles. The predicted octanol–water partition coefficient (Wildman–Crippen LogP) is 1.16. The number of primary amides is 1. The molecule has 5 nitrogen and oxygen atoms in total. The number of aliphatic hydroxyl groups is 1. The minimum atomic E-state index is -0.514. The Balaban J connectivity index is 2.11. The zero-order valence-corrected chi connectivity index (χ0v) is 11.6. The van der Waals surface area contributed by atoms with Gasteiger partial charge in [-0.2, -0.15) is 0 Å². The Labute approximate surface area is 118 Å². The fraction of sp³-hybridized carbons (Fsp3) is 0.467. The quantitative estimate of drug-likeness (QED) is 0.869. The fourth-order valence-corrected chi connectivity index (χ4v) is 2.67. The van der Waals surface area contributed by atoms with Gasteiger partial charge in [0.1, 0.15) is 0 Å². The van der Waals surface area contributed by atoms with Gasteiger partial charge in [-0.1, -0.05) is 12.8 Å². The maximum atomic E-state index is 12.4. The highest BCUT2D eigenvalue weighted by Gasteiger charge is 2.29. The average Bonchev–Trinajstić information content (AvgIpc) is 2.46. The van der Waals surface area contributed by atoms with E-state index in [1.165, 1.54) is 0 Å². The van der Waals surface area contributed by atoms with Crippen molar-refractivity contribution in [3.8, 4) is 0 Å². The fourth-order valence-electron chi connectivity index (χ4n) is 2.67. The molecule has 1 aliphatic rings. The second-order valence-corrected chi connectivity index (χ2v) is 5.28. The van der Waals surface area contributed by atoms with Crippen LogP contribution in [0, 0.1) is 0 Å². The number of nitrogens with zero attached hydrogens (tertiary/aromatic N) is 1. The van der Waals surface area contributed by atoms with Crippen LogP contribution in [-0.4, -0.2) is 41.0 Å². The van der Waals surface area contributed by atoms with Crippen LogP contribution in [0.5, 0.6) is 0 Å². The molecule has 2 atom stereocenters. The van der Waals surface area contributed by atoms with E-state index >= 15 is 0 Å². The van der Waals surface area contributed by atoms with Crippen LogP contribution in [0.25, 0.3) is 0 Å². The van der Waals surface area contributed by atoms with Crippen LogP contribution < -0.4 is 5.73 Å². The van der Waals surface area contributed by atoms with Crippen molar-refractivity contribution in [3.63, 3.8) is 0 Å². The van der Waals surface area contributed by atoms with Gasteiger partial charge < -0.3 is 15.7 Å². The summed E-state index contributed by atoms with van der Waals surface area (Å²) in [5, 5.41) is 10.00. The SMILES string of the molecule is CN(C(=O)c1ccc(C(N)=O)cc1)C1CCCCC1O. The molecule has 1 aromatic rings. The third-order valence-corrected chi connectivity index (χ3v) is 3.93. The van der Waals surface area contributed by atoms with Crippen molar-refractivity contribution in [1.29, 1.82) is 0 Å². The average molecular weight is 276 g/mol. The Hall–Kier alpha value is -1.88. The molecule has 2 amide bonds. The van der Waals surface area contributed by atoms with Crippen molar-refractivity contribution in [1.82, 2.24) is 4.90 Å². The molecule has 0 spiro atoms. The lowest BCUT2D eigenvalue weighted by Crippen LogP contribution is -2.46. The van der Waals surface area contributed by atoms with E-state index in [-0.39, 0.29) is 11.9 Å². The number of carbonyl (C=O) groups excluding carboxylic acids is 2. The van der Waals surface area contributed by atoms with Crippen LogP contribution in [0.4, 0.5) is 0 Å². The van der Waals surface area contributed by atoms with Gasteiger partial charge in [-0.3, -0.25) is 9.59 Å². The largest absolute Gasteiger partial charge is 0.391 e. The number of aliphatic hydroxyl groups excluding tert-OH is 1. The van der Waals surface area contributed by atoms with E-state index in [2.05, 4.69) is 0 Å². The number of amides is 2. The molecule has 1 saturated carbocycles. The zero-order chi connectivity index (χ0) is 14.7. The van der Waals surface area contributed by atoms with Gasteiger partial charge in [0.2, 0.25) is 5.91 Å². The number of carbonyl (C=O) groups is 2. The summed E-state index contributed by atoms with van der Waals surface area (Å²) >= 11 is 0. The topological polar surface area (TPSA) is 83.6 Å². The van der Waals surface area contributed by atoms with E-state index in [4.69, 9.17) is 5.73 Å². The van der Waals surface area contributed by atoms with Crippen molar-refractivity contribution in [2.75, 3.05) is 7.05 Å². The molecule has 0 aliphatic heterocycles. The van der Waals surface area contributed by atoms with E-state index in [9.17, 15) is 14.7 Å². The van der Waals surface area contributed by atoms with Crippen LogP contribution in [0.15, 0.2) is 24.3 Å². The zero-order valence-electron chi connectivity index (χ0n) is 11.6. The van der Waals surface area contributed by atoms with Gasteiger partial charge in [0.25, 0.3) is 5.91 Å². The number of likely N-dealkylation sites (N-methyl/N-ethyl adjacent to an activating group) is 1. The summed E-state index contributed by atoms with van der Waals surface area (Å²) in [4.78, 5) is 25.0. The van der Waals surface area contributed by atoms with Gasteiger partial charge in [0.05, 0.1) is 12.1 Å². The summed E-state index contributed by atoms with van der Waals surface area (Å²) in [6.45, 7) is 0. The molecule has 2 unspecified atom stereocenters. The molecule has 5 heteroatoms. The van der Waals surface area contributed by atoms with Crippen molar-refractivity contribution in [3.05, 3.63) is 35.4 Å². The lowest BCUT2D eigenvalue weighted by molar-refractivity contribution is 0.0268. The number of nitrogens with two attached hydrogens (primary N) is 1. The van der Waals surface area contributed by atoms with Gasteiger partial charge in [0.15, 0.2) is 0 Å². The molecule has 108 valence electrons. The minimum Gasteiger partial charge on any atom is -0.391 e. The highest BCUT2D eigenvalue weighted by Crippen LogP contribution is 2.23. The van der Waals surface area contributed by atoms with E-state index in [0.717, 1.165) is 25.7 Å². The monoisotopic (exact) mass is 276 g/mol. The first-order valence-corrected chi connectivity index (χ1v) is 6.86. The molecule has 1 aliphatic carbocycles. The van der Waals surface area contributed by atoms with E-state index in [1.54, 1.807) is 36.2 Å². The van der Waals surface area contributed by atoms with Crippen LogP contribution in [-0.2, 0) is 0 Å². The second-order valence-electron chi connectivity index (χ2n) is 5.28. The molecule has 0 bridgehead atoms. The summed E-state index contributed by atoms with van der Waals surface area (Å²) in [5.41, 5.74) is 6.04. The van der Waals surface area contributed by atoms with Crippen molar-refractivity contribution in [2.45, 2.75) is 37.8 Å². The molecular formula is C15H20N2O3. The van der Waals surface area contributed by atoms with Crippen molar-refractivity contribution >= 4 is 11.8 Å². The number of benzene rings is 1. The van der Waals surface area contributed by atoms with Crippen LogP contribution in [0.2, 0.25) is 0 Å². The first-order chi connectivity index (χ1) is 9.50. The molecule has 0 radical (unpaired) electrons. The lowest BCUT2D eigenvalue weighted by atomic mass is 9.91. The summed E-state index contributed by atoms with van der Waals surface area (Å²) in [6.07, 6.45) is 3.14. The minimum absolute atomic E-state index is 0.132. The highest BCUT2D eigenvalue weighted by molar-refractivity contribution is 5.97. The van der Waals surface area contributed by atoms with Crippen LogP contribution >= 0.6 is 0 Å². The van der Waals surface area contributed by atoms with Gasteiger partial charge in [0, 0.05) is 18.2 Å². The third-order valence-electron chi connectivity index (χ3n) is 3.93. The predicted molar refractivity (Wildman–Crippen MR) is 75.3 cm³/mol. The number of hydrogen-bond donors (Lipinski definition) is 2. The van der Waals surface area contributed by atoms with E-state index < -0.39 is 12.0 Å². The van der Waals surface area contributed by atoms with Gasteiger partial charge in [-0.15, -0.1) is 0 Å². The second kappa shape index (κ2) is 6.05. The maximum Gasteiger partial charge on any atom is 0.253 e. The van der Waals surface area contributed by atoms with Crippen LogP contribution in [0.3, 0.4) is 0 Å². The standard InChI is InChI=1S/C15H20N2O3/c1-17(12-4-2-3-5-13(12)18)15(20)11-8-6-10(7-9-11)14(16)19/h6-9,12-13,18H,2-5H2,1H3,(H2,16,19). The molecule has 3 N–H and O–H groups in total. The Morgan fingerprint density at radius 3 is 2.25 bits per heavy atom. The number of rotatable bonds is 3. The lowest BCUT2D eigenvalue weighted by Gasteiger charge is -2.35. The summed E-state index contributed by atoms with van der Waals surface area (Å²) in [6, 6.07) is 6.14. The first kappa shape index (κ1) is 14.5. The normalized spacial score (nSPS) is 22.3. The highest BCUT2D eigenvalue weighted by atomic mass is 16.3. The Morgan fingerprint density at radius 1 is 1.15 bits per heavy atom. The Kier molecular flexibility index (Phi) is 4.39. The molecule has 1 fully saturated rings. The maximum absolute atomic E-state index is 12.4. The number of hydrogen-bond acceptors (Lipinski definition) is 3. The molecule has 2 rings (SSSR count). The van der Waals surface area contributed by atoms with E-state index in [0.29, 0.717) is 11.1 Å². The summed E-state index contributed by atoms with van der Waals surface area (Å²) in [7, 11) is 1.71. The Morgan fingerprint density at radius 2 is 1.70 bits per heavy atom. The molecule has 0 saturated heterocycles. The molecule has 0 aromatic heterocycles. The van der Waals surface area contributed by atoms with Gasteiger partial charge in [-0.25, -0.2) is 0 Å². The molecular weight excluding hydrogens is 256 g/mol. The van der Waals surface area contributed by atoms with Crippen molar-refractivity contribution < 1.29 is 14.7 Å². The molecule has 1 aromatic carbocycles. The van der Waals surface area contributed by atoms with Gasteiger partial charge in [-0.05, 0) is 37.1 Å². The smallest absolute Gasteiger partial charge is 0.253 e. The first-order valence-electron chi connectivity index (χ1n) is 6.86. The molecule has 20 heavy (non-hydrogen) atoms. The summed E-state index contributed by atoms with van der Waals surface area (Å²) < 4.78 is 0. The van der Waals surface area contributed by atoms with Crippen molar-refractivity contribution in [2.24, 2.45) is 5.73 Å². The van der Waals surface area contributed by atoms with E-state index in [1.807, 2.05) is 0 Å². The Bertz CT molecular complexity index is 498. The van der Waals surface area contributed by atoms with Crippen LogP contribution in [0.1, 0.15) is 46.4 Å². The third kappa shape index (κ3) is 2.99.